The molecule has 0 heterocycles. The number of amides is 1. The van der Waals surface area contributed by atoms with E-state index in [1.54, 1.807) is 6.92 Å². The van der Waals surface area contributed by atoms with E-state index in [-0.39, 0.29) is 5.56 Å². The van der Waals surface area contributed by atoms with Crippen LogP contribution in [0.25, 0.3) is 0 Å². The first-order chi connectivity index (χ1) is 9.56. The van der Waals surface area contributed by atoms with E-state index in [4.69, 9.17) is 0 Å². The van der Waals surface area contributed by atoms with E-state index in [1.165, 1.54) is 24.3 Å². The van der Waals surface area contributed by atoms with Gasteiger partial charge in [-0.2, -0.15) is 5.10 Å². The van der Waals surface area contributed by atoms with Crippen LogP contribution in [0.15, 0.2) is 58.1 Å². The number of benzene rings is 2. The molecule has 0 aliphatic carbocycles. The number of halogens is 2. The third-order valence-corrected chi connectivity index (χ3v) is 3.15. The number of hydrazone groups is 1. The van der Waals surface area contributed by atoms with Gasteiger partial charge in [0.05, 0.1) is 5.71 Å². The van der Waals surface area contributed by atoms with E-state index in [1.807, 2.05) is 24.3 Å². The molecule has 2 rings (SSSR count). The molecule has 0 unspecified atom stereocenters. The number of nitrogens with one attached hydrogen (secondary N) is 1. The van der Waals surface area contributed by atoms with Gasteiger partial charge in [-0.15, -0.1) is 0 Å². The molecule has 0 atom stereocenters. The molecule has 0 aromatic heterocycles. The SMILES string of the molecule is C/C(=N\NC(=O)c1cccc(F)c1)c1cccc(Br)c1. The monoisotopic (exact) mass is 334 g/mol. The van der Waals surface area contributed by atoms with Crippen LogP contribution in [0.3, 0.4) is 0 Å². The minimum atomic E-state index is -0.453. The molecule has 0 aliphatic heterocycles. The second kappa shape index (κ2) is 6.43. The summed E-state index contributed by atoms with van der Waals surface area (Å²) in [6, 6.07) is 13.0. The van der Waals surface area contributed by atoms with Gasteiger partial charge in [0.15, 0.2) is 0 Å². The average molecular weight is 335 g/mol. The van der Waals surface area contributed by atoms with Crippen molar-refractivity contribution in [1.29, 1.82) is 0 Å². The fourth-order valence-corrected chi connectivity index (χ4v) is 2.01. The largest absolute Gasteiger partial charge is 0.271 e. The lowest BCUT2D eigenvalue weighted by atomic mass is 10.1. The van der Waals surface area contributed by atoms with Gasteiger partial charge < -0.3 is 0 Å². The Hall–Kier alpha value is -2.01. The number of hydrogen-bond donors (Lipinski definition) is 1. The fraction of sp³-hybridized carbons (Fsp3) is 0.0667. The van der Waals surface area contributed by atoms with Crippen molar-refractivity contribution in [3.8, 4) is 0 Å². The zero-order valence-corrected chi connectivity index (χ0v) is 12.3. The third-order valence-electron chi connectivity index (χ3n) is 2.65. The summed E-state index contributed by atoms with van der Waals surface area (Å²) < 4.78 is 13.9. The van der Waals surface area contributed by atoms with Crippen LogP contribution in [0.4, 0.5) is 4.39 Å². The minimum absolute atomic E-state index is 0.232. The Balaban J connectivity index is 2.11. The lowest BCUT2D eigenvalue weighted by Crippen LogP contribution is -2.19. The molecule has 2 aromatic carbocycles. The molecule has 5 heteroatoms. The van der Waals surface area contributed by atoms with Crippen molar-refractivity contribution in [3.05, 3.63) is 69.9 Å². The molecule has 2 aromatic rings. The average Bonchev–Trinajstić information content (AvgIpc) is 2.44. The van der Waals surface area contributed by atoms with Gasteiger partial charge >= 0.3 is 0 Å². The maximum Gasteiger partial charge on any atom is 0.271 e. The summed E-state index contributed by atoms with van der Waals surface area (Å²) in [5, 5.41) is 4.02. The number of nitrogens with zero attached hydrogens (tertiary/aromatic N) is 1. The van der Waals surface area contributed by atoms with Crippen molar-refractivity contribution in [3.63, 3.8) is 0 Å². The lowest BCUT2D eigenvalue weighted by molar-refractivity contribution is 0.0954. The van der Waals surface area contributed by atoms with Crippen LogP contribution in [-0.4, -0.2) is 11.6 Å². The van der Waals surface area contributed by atoms with E-state index in [9.17, 15) is 9.18 Å². The smallest absolute Gasteiger partial charge is 0.267 e. The molecule has 20 heavy (non-hydrogen) atoms. The van der Waals surface area contributed by atoms with E-state index in [0.717, 1.165) is 10.0 Å². The standard InChI is InChI=1S/C15H12BrFN2O/c1-10(11-4-2-6-13(16)8-11)18-19-15(20)12-5-3-7-14(17)9-12/h2-9H,1H3,(H,19,20)/b18-10+. The molecule has 0 saturated carbocycles. The highest BCUT2D eigenvalue weighted by Gasteiger charge is 2.05. The van der Waals surface area contributed by atoms with Crippen molar-refractivity contribution in [2.75, 3.05) is 0 Å². The second-order valence-corrected chi connectivity index (χ2v) is 5.07. The highest BCUT2D eigenvalue weighted by atomic mass is 79.9. The Morgan fingerprint density at radius 1 is 1.15 bits per heavy atom. The number of rotatable bonds is 3. The van der Waals surface area contributed by atoms with E-state index in [2.05, 4.69) is 26.5 Å². The van der Waals surface area contributed by atoms with Crippen molar-refractivity contribution >= 4 is 27.5 Å². The first-order valence-corrected chi connectivity index (χ1v) is 6.72. The molecule has 0 fully saturated rings. The molecule has 0 bridgehead atoms. The predicted octanol–water partition coefficient (Wildman–Crippen LogP) is 3.74. The summed E-state index contributed by atoms with van der Waals surface area (Å²) in [6.07, 6.45) is 0. The van der Waals surface area contributed by atoms with Crippen LogP contribution < -0.4 is 5.43 Å². The molecule has 102 valence electrons. The molecule has 1 N–H and O–H groups in total. The van der Waals surface area contributed by atoms with Gasteiger partial charge in [-0.3, -0.25) is 4.79 Å². The fourth-order valence-electron chi connectivity index (χ4n) is 1.61. The maximum absolute atomic E-state index is 13.0. The van der Waals surface area contributed by atoms with Gasteiger partial charge in [0.25, 0.3) is 5.91 Å². The van der Waals surface area contributed by atoms with E-state index < -0.39 is 11.7 Å². The van der Waals surface area contributed by atoms with Crippen LogP contribution in [0.1, 0.15) is 22.8 Å². The van der Waals surface area contributed by atoms with Crippen molar-refractivity contribution < 1.29 is 9.18 Å². The summed E-state index contributed by atoms with van der Waals surface area (Å²) in [4.78, 5) is 11.8. The normalized spacial score (nSPS) is 11.2. The zero-order valence-electron chi connectivity index (χ0n) is 10.7. The van der Waals surface area contributed by atoms with E-state index in [0.29, 0.717) is 5.71 Å². The van der Waals surface area contributed by atoms with E-state index >= 15 is 0 Å². The molecule has 0 saturated heterocycles. The first kappa shape index (κ1) is 14.4. The van der Waals surface area contributed by atoms with Gasteiger partial charge in [0, 0.05) is 10.0 Å². The zero-order chi connectivity index (χ0) is 14.5. The van der Waals surface area contributed by atoms with Crippen molar-refractivity contribution in [2.45, 2.75) is 6.92 Å². The molecule has 0 radical (unpaired) electrons. The molecule has 3 nitrogen and oxygen atoms in total. The third kappa shape index (κ3) is 3.74. The Morgan fingerprint density at radius 3 is 2.55 bits per heavy atom. The molecule has 0 aliphatic rings. The Labute approximate surface area is 124 Å². The van der Waals surface area contributed by atoms with Crippen molar-refractivity contribution in [2.24, 2.45) is 5.10 Å². The number of carbonyl (C=O) groups excluding carboxylic acids is 1. The summed E-state index contributed by atoms with van der Waals surface area (Å²) in [6.45, 7) is 1.79. The van der Waals surface area contributed by atoms with Crippen LogP contribution >= 0.6 is 15.9 Å². The summed E-state index contributed by atoms with van der Waals surface area (Å²) in [5.74, 6) is -0.899. The van der Waals surface area contributed by atoms with Gasteiger partial charge in [-0.1, -0.05) is 34.1 Å². The van der Waals surface area contributed by atoms with Gasteiger partial charge in [0.2, 0.25) is 0 Å². The summed E-state index contributed by atoms with van der Waals surface area (Å²) in [5.41, 5.74) is 4.19. The Kier molecular flexibility index (Phi) is 4.63. The quantitative estimate of drug-likeness (QED) is 0.674. The molecular formula is C15H12BrFN2O. The molecule has 0 spiro atoms. The molecular weight excluding hydrogens is 323 g/mol. The number of carbonyl (C=O) groups is 1. The number of hydrogen-bond acceptors (Lipinski definition) is 2. The van der Waals surface area contributed by atoms with Crippen molar-refractivity contribution in [1.82, 2.24) is 5.43 Å². The predicted molar refractivity (Wildman–Crippen MR) is 80.2 cm³/mol. The first-order valence-electron chi connectivity index (χ1n) is 5.92. The van der Waals surface area contributed by atoms with Crippen LogP contribution in [0.2, 0.25) is 0 Å². The second-order valence-electron chi connectivity index (χ2n) is 4.16. The molecule has 1 amide bonds. The van der Waals surface area contributed by atoms with Crippen LogP contribution in [-0.2, 0) is 0 Å². The summed E-state index contributed by atoms with van der Waals surface area (Å²) >= 11 is 3.37. The topological polar surface area (TPSA) is 41.5 Å². The van der Waals surface area contributed by atoms with Gasteiger partial charge in [-0.05, 0) is 42.8 Å². The summed E-state index contributed by atoms with van der Waals surface area (Å²) in [7, 11) is 0. The van der Waals surface area contributed by atoms with Gasteiger partial charge in [-0.25, -0.2) is 9.82 Å². The minimum Gasteiger partial charge on any atom is -0.267 e. The Bertz CT molecular complexity index is 670. The highest BCUT2D eigenvalue weighted by molar-refractivity contribution is 9.10. The maximum atomic E-state index is 13.0. The highest BCUT2D eigenvalue weighted by Crippen LogP contribution is 2.12. The van der Waals surface area contributed by atoms with Gasteiger partial charge in [0.1, 0.15) is 5.82 Å². The Morgan fingerprint density at radius 2 is 1.85 bits per heavy atom. The van der Waals surface area contributed by atoms with Crippen LogP contribution in [0.5, 0.6) is 0 Å². The van der Waals surface area contributed by atoms with Crippen LogP contribution in [0, 0.1) is 5.82 Å². The lowest BCUT2D eigenvalue weighted by Gasteiger charge is -2.03.